The molecule has 0 aliphatic heterocycles. The maximum atomic E-state index is 3.46. The van der Waals surface area contributed by atoms with Crippen LogP contribution in [0, 0.1) is 0 Å². The van der Waals surface area contributed by atoms with Crippen LogP contribution < -0.4 is 0 Å². The molecule has 1 aromatic rings. The molecule has 0 nitrogen and oxygen atoms in total. The van der Waals surface area contributed by atoms with Crippen molar-refractivity contribution in [3.05, 3.63) is 34.7 Å². The van der Waals surface area contributed by atoms with Crippen molar-refractivity contribution in [2.75, 3.05) is 0 Å². The van der Waals surface area contributed by atoms with Gasteiger partial charge in [0.2, 0.25) is 0 Å². The molecule has 8 heavy (non-hydrogen) atoms. The molecule has 1 aromatic heterocycles. The molecule has 1 heteroatoms. The molecule has 1 heterocycles. The van der Waals surface area contributed by atoms with Gasteiger partial charge in [-0.1, -0.05) is 12.6 Å². The van der Waals surface area contributed by atoms with Crippen molar-refractivity contribution in [3.63, 3.8) is 0 Å². The van der Waals surface area contributed by atoms with Crippen LogP contribution in [0.3, 0.4) is 0 Å². The molecule has 40 valence electrons. The standard InChI is InChI=1S/C7H6S/c1-2-4-7-5-3-6-8-7/h3-6H,1H2. The van der Waals surface area contributed by atoms with E-state index in [0.717, 1.165) is 0 Å². The molecule has 0 saturated heterocycles. The first-order chi connectivity index (χ1) is 3.93. The maximum absolute atomic E-state index is 3.46. The van der Waals surface area contributed by atoms with Crippen LogP contribution >= 0.6 is 11.3 Å². The summed E-state index contributed by atoms with van der Waals surface area (Å²) in [6.45, 7) is 3.46. The van der Waals surface area contributed by atoms with Crippen molar-refractivity contribution < 1.29 is 0 Å². The van der Waals surface area contributed by atoms with Gasteiger partial charge in [-0.25, -0.2) is 0 Å². The molecule has 0 amide bonds. The third-order valence-electron chi connectivity index (χ3n) is 0.788. The number of hydrogen-bond donors (Lipinski definition) is 0. The van der Waals surface area contributed by atoms with E-state index in [1.807, 2.05) is 23.6 Å². The minimum atomic E-state index is 1.21. The van der Waals surface area contributed by atoms with E-state index in [1.165, 1.54) is 4.88 Å². The Labute approximate surface area is 52.8 Å². The van der Waals surface area contributed by atoms with Crippen LogP contribution in [-0.2, 0) is 0 Å². The van der Waals surface area contributed by atoms with Crippen molar-refractivity contribution >= 4 is 17.4 Å². The first-order valence-corrected chi connectivity index (χ1v) is 3.21. The normalized spacial score (nSPS) is 8.00. The Bertz CT molecular complexity index is 190. The molecule has 0 spiro atoms. The van der Waals surface area contributed by atoms with Gasteiger partial charge in [0, 0.05) is 4.88 Å². The lowest BCUT2D eigenvalue weighted by molar-refractivity contribution is 1.96. The summed E-state index contributed by atoms with van der Waals surface area (Å²) in [6, 6.07) is 4.04. The zero-order valence-corrected chi connectivity index (χ0v) is 5.24. The van der Waals surface area contributed by atoms with E-state index in [9.17, 15) is 0 Å². The Hall–Kier alpha value is -0.780. The average molecular weight is 122 g/mol. The summed E-state index contributed by atoms with van der Waals surface area (Å²) in [7, 11) is 0. The van der Waals surface area contributed by atoms with Crippen molar-refractivity contribution in [3.8, 4) is 0 Å². The molecule has 1 rings (SSSR count). The topological polar surface area (TPSA) is 0 Å². The fraction of sp³-hybridized carbons (Fsp3) is 0. The Morgan fingerprint density at radius 2 is 2.62 bits per heavy atom. The summed E-state index contributed by atoms with van der Waals surface area (Å²) in [4.78, 5) is 1.21. The van der Waals surface area contributed by atoms with E-state index in [-0.39, 0.29) is 0 Å². The van der Waals surface area contributed by atoms with Crippen LogP contribution in [0.1, 0.15) is 4.88 Å². The fourth-order valence-corrected chi connectivity index (χ4v) is 1.10. The first-order valence-electron chi connectivity index (χ1n) is 2.33. The Morgan fingerprint density at radius 3 is 3.12 bits per heavy atom. The highest BCUT2D eigenvalue weighted by molar-refractivity contribution is 7.10. The van der Waals surface area contributed by atoms with Crippen LogP contribution in [0.2, 0.25) is 0 Å². The van der Waals surface area contributed by atoms with Gasteiger partial charge in [-0.2, -0.15) is 0 Å². The van der Waals surface area contributed by atoms with Crippen LogP contribution in [0.15, 0.2) is 29.8 Å². The van der Waals surface area contributed by atoms with Crippen LogP contribution in [-0.4, -0.2) is 0 Å². The van der Waals surface area contributed by atoms with Gasteiger partial charge < -0.3 is 0 Å². The second-order valence-electron chi connectivity index (χ2n) is 1.36. The molecular formula is C7H6S. The average Bonchev–Trinajstić information content (AvgIpc) is 2.19. The van der Waals surface area contributed by atoms with Crippen LogP contribution in [0.4, 0.5) is 0 Å². The van der Waals surface area contributed by atoms with Crippen molar-refractivity contribution in [2.45, 2.75) is 0 Å². The van der Waals surface area contributed by atoms with Gasteiger partial charge in [0.15, 0.2) is 0 Å². The summed E-state index contributed by atoms with van der Waals surface area (Å²) in [5.41, 5.74) is 2.71. The molecule has 0 fully saturated rings. The van der Waals surface area contributed by atoms with Crippen molar-refractivity contribution in [1.82, 2.24) is 0 Å². The smallest absolute Gasteiger partial charge is 0.0347 e. The zero-order valence-electron chi connectivity index (χ0n) is 4.42. The van der Waals surface area contributed by atoms with Gasteiger partial charge in [-0.15, -0.1) is 17.1 Å². The van der Waals surface area contributed by atoms with Crippen LogP contribution in [0.25, 0.3) is 6.08 Å². The lowest BCUT2D eigenvalue weighted by atomic mass is 10.5. The minimum absolute atomic E-state index is 1.21. The van der Waals surface area contributed by atoms with E-state index in [2.05, 4.69) is 12.3 Å². The maximum Gasteiger partial charge on any atom is 0.0347 e. The second-order valence-corrected chi connectivity index (χ2v) is 2.34. The highest BCUT2D eigenvalue weighted by Gasteiger charge is 1.80. The quantitative estimate of drug-likeness (QED) is 0.502. The number of hydrogen-bond acceptors (Lipinski definition) is 1. The Morgan fingerprint density at radius 1 is 1.75 bits per heavy atom. The van der Waals surface area contributed by atoms with Gasteiger partial charge in [-0.05, 0) is 17.5 Å². The third kappa shape index (κ3) is 1.09. The monoisotopic (exact) mass is 122 g/mol. The van der Waals surface area contributed by atoms with Crippen LogP contribution in [0.5, 0.6) is 0 Å². The Balaban J connectivity index is 2.93. The summed E-state index contributed by atoms with van der Waals surface area (Å²) in [5.74, 6) is 0. The molecule has 0 saturated carbocycles. The molecule has 0 unspecified atom stereocenters. The van der Waals surface area contributed by atoms with E-state index in [0.29, 0.717) is 0 Å². The van der Waals surface area contributed by atoms with Gasteiger partial charge in [0.25, 0.3) is 0 Å². The summed E-state index contributed by atoms with van der Waals surface area (Å²) in [6.07, 6.45) is 1.87. The highest BCUT2D eigenvalue weighted by Crippen LogP contribution is 2.08. The molecule has 0 bridgehead atoms. The molecule has 0 aliphatic rings. The predicted octanol–water partition coefficient (Wildman–Crippen LogP) is 2.55. The summed E-state index contributed by atoms with van der Waals surface area (Å²) in [5, 5.41) is 2.03. The minimum Gasteiger partial charge on any atom is -0.144 e. The number of thiophene rings is 1. The highest BCUT2D eigenvalue weighted by atomic mass is 32.1. The first kappa shape index (κ1) is 5.36. The summed E-state index contributed by atoms with van der Waals surface area (Å²) >= 11 is 1.69. The molecule has 0 radical (unpaired) electrons. The molecule has 0 atom stereocenters. The zero-order chi connectivity index (χ0) is 5.82. The molecule has 0 aliphatic carbocycles. The molecular weight excluding hydrogens is 116 g/mol. The SMILES string of the molecule is C=C=Cc1cccs1. The molecule has 0 N–H and O–H groups in total. The fourth-order valence-electron chi connectivity index (χ4n) is 0.474. The van der Waals surface area contributed by atoms with Crippen molar-refractivity contribution in [2.24, 2.45) is 0 Å². The third-order valence-corrected chi connectivity index (χ3v) is 1.61. The summed E-state index contributed by atoms with van der Waals surface area (Å²) < 4.78 is 0. The van der Waals surface area contributed by atoms with E-state index in [1.54, 1.807) is 11.3 Å². The largest absolute Gasteiger partial charge is 0.144 e. The molecule has 0 aromatic carbocycles. The van der Waals surface area contributed by atoms with Gasteiger partial charge in [-0.3, -0.25) is 0 Å². The van der Waals surface area contributed by atoms with Gasteiger partial charge in [0.1, 0.15) is 0 Å². The lowest BCUT2D eigenvalue weighted by Gasteiger charge is -1.71. The van der Waals surface area contributed by atoms with E-state index in [4.69, 9.17) is 0 Å². The van der Waals surface area contributed by atoms with Gasteiger partial charge in [0.05, 0.1) is 0 Å². The predicted molar refractivity (Wildman–Crippen MR) is 37.9 cm³/mol. The number of rotatable bonds is 1. The van der Waals surface area contributed by atoms with Crippen molar-refractivity contribution in [1.29, 1.82) is 0 Å². The Kier molecular flexibility index (Phi) is 1.68. The van der Waals surface area contributed by atoms with E-state index < -0.39 is 0 Å². The second kappa shape index (κ2) is 2.51. The van der Waals surface area contributed by atoms with Gasteiger partial charge >= 0.3 is 0 Å². The van der Waals surface area contributed by atoms with E-state index >= 15 is 0 Å². The lowest BCUT2D eigenvalue weighted by Crippen LogP contribution is -1.47.